The molecule has 0 aliphatic carbocycles. The number of carbonyl (C=O) groups excluding carboxylic acids is 1. The van der Waals surface area contributed by atoms with Crippen LogP contribution >= 0.6 is 0 Å². The Hall–Kier alpha value is -3.47. The number of nitrogens with one attached hydrogen (secondary N) is 1. The molecule has 4 nitrogen and oxygen atoms in total. The largest absolute Gasteiger partial charge is 0.331 e. The average molecular weight is 373 g/mol. The highest BCUT2D eigenvalue weighted by atomic mass is 19.1. The van der Waals surface area contributed by atoms with Gasteiger partial charge in [-0.15, -0.1) is 0 Å². The van der Waals surface area contributed by atoms with Crippen LogP contribution in [-0.4, -0.2) is 15.5 Å². The first kappa shape index (κ1) is 17.9. The molecular weight excluding hydrogens is 353 g/mol. The van der Waals surface area contributed by atoms with Gasteiger partial charge in [0.2, 0.25) is 0 Å². The van der Waals surface area contributed by atoms with Crippen molar-refractivity contribution in [2.75, 3.05) is 5.32 Å². The number of aryl methyl sites for hydroxylation is 3. The van der Waals surface area contributed by atoms with Crippen LogP contribution in [0.5, 0.6) is 0 Å². The molecule has 0 saturated carbocycles. The first-order chi connectivity index (χ1) is 13.6. The Morgan fingerprint density at radius 1 is 0.964 bits per heavy atom. The number of para-hydroxylation sites is 3. The molecule has 0 aliphatic heterocycles. The smallest absolute Gasteiger partial charge is 0.255 e. The van der Waals surface area contributed by atoms with Crippen molar-refractivity contribution in [1.29, 1.82) is 0 Å². The highest BCUT2D eigenvalue weighted by Crippen LogP contribution is 2.20. The molecule has 0 saturated heterocycles. The molecule has 0 unspecified atom stereocenters. The molecule has 3 aromatic carbocycles. The molecule has 0 bridgehead atoms. The zero-order chi connectivity index (χ0) is 19.5. The third-order valence-electron chi connectivity index (χ3n) is 4.87. The van der Waals surface area contributed by atoms with E-state index in [4.69, 9.17) is 4.98 Å². The van der Waals surface area contributed by atoms with E-state index in [1.54, 1.807) is 0 Å². The standard InChI is InChI=1S/C23H20FN3O/c1-27-21-9-5-4-8-20(21)25-22(27)15-12-16-6-2-3-7-19(16)26-23(28)17-10-13-18(24)14-11-17/h2-11,13-14H,12,15H2,1H3,(H,26,28). The van der Waals surface area contributed by atoms with Crippen LogP contribution in [0.3, 0.4) is 0 Å². The summed E-state index contributed by atoms with van der Waals surface area (Å²) in [5, 5.41) is 2.94. The Morgan fingerprint density at radius 2 is 1.68 bits per heavy atom. The topological polar surface area (TPSA) is 46.9 Å². The number of aromatic nitrogens is 2. The Bertz CT molecular complexity index is 1130. The Balaban J connectivity index is 1.52. The molecule has 1 heterocycles. The van der Waals surface area contributed by atoms with Crippen molar-refractivity contribution >= 4 is 22.6 Å². The van der Waals surface area contributed by atoms with Gasteiger partial charge in [0.05, 0.1) is 11.0 Å². The number of halogens is 1. The fraction of sp³-hybridized carbons (Fsp3) is 0.130. The summed E-state index contributed by atoms with van der Waals surface area (Å²) in [4.78, 5) is 17.2. The summed E-state index contributed by atoms with van der Waals surface area (Å²) in [5.74, 6) is 0.385. The van der Waals surface area contributed by atoms with Gasteiger partial charge in [-0.25, -0.2) is 9.37 Å². The molecule has 0 aliphatic rings. The van der Waals surface area contributed by atoms with Crippen LogP contribution in [0, 0.1) is 5.82 Å². The van der Waals surface area contributed by atoms with Crippen molar-refractivity contribution in [2.24, 2.45) is 7.05 Å². The molecule has 1 aromatic heterocycles. The van der Waals surface area contributed by atoms with Crippen LogP contribution in [0.4, 0.5) is 10.1 Å². The van der Waals surface area contributed by atoms with E-state index in [0.717, 1.165) is 41.0 Å². The molecule has 28 heavy (non-hydrogen) atoms. The summed E-state index contributed by atoms with van der Waals surface area (Å²) >= 11 is 0. The lowest BCUT2D eigenvalue weighted by atomic mass is 10.1. The number of amides is 1. The SMILES string of the molecule is Cn1c(CCc2ccccc2NC(=O)c2ccc(F)cc2)nc2ccccc21. The summed E-state index contributed by atoms with van der Waals surface area (Å²) in [7, 11) is 2.02. The number of fused-ring (bicyclic) bond motifs is 1. The predicted molar refractivity (Wildman–Crippen MR) is 109 cm³/mol. The van der Waals surface area contributed by atoms with Crippen LogP contribution in [0.15, 0.2) is 72.8 Å². The fourth-order valence-corrected chi connectivity index (χ4v) is 3.32. The summed E-state index contributed by atoms with van der Waals surface area (Å²) in [5.41, 5.74) is 4.31. The van der Waals surface area contributed by atoms with E-state index < -0.39 is 0 Å². The van der Waals surface area contributed by atoms with E-state index in [0.29, 0.717) is 5.56 Å². The van der Waals surface area contributed by atoms with E-state index >= 15 is 0 Å². The first-order valence-electron chi connectivity index (χ1n) is 9.17. The van der Waals surface area contributed by atoms with Gasteiger partial charge in [-0.3, -0.25) is 4.79 Å². The Morgan fingerprint density at radius 3 is 2.46 bits per heavy atom. The van der Waals surface area contributed by atoms with Gasteiger partial charge < -0.3 is 9.88 Å². The summed E-state index contributed by atoms with van der Waals surface area (Å²) in [6, 6.07) is 21.3. The van der Waals surface area contributed by atoms with Gasteiger partial charge in [0.15, 0.2) is 0 Å². The summed E-state index contributed by atoms with van der Waals surface area (Å²) < 4.78 is 15.2. The summed E-state index contributed by atoms with van der Waals surface area (Å²) in [6.07, 6.45) is 1.51. The minimum absolute atomic E-state index is 0.254. The third-order valence-corrected chi connectivity index (χ3v) is 4.87. The van der Waals surface area contributed by atoms with Crippen LogP contribution in [0.2, 0.25) is 0 Å². The van der Waals surface area contributed by atoms with E-state index in [1.807, 2.05) is 49.5 Å². The van der Waals surface area contributed by atoms with Gasteiger partial charge in [0, 0.05) is 24.7 Å². The number of hydrogen-bond donors (Lipinski definition) is 1. The zero-order valence-corrected chi connectivity index (χ0v) is 15.5. The second kappa shape index (κ2) is 7.64. The second-order valence-corrected chi connectivity index (χ2v) is 6.69. The number of rotatable bonds is 5. The van der Waals surface area contributed by atoms with Crippen LogP contribution in [0.25, 0.3) is 11.0 Å². The maximum absolute atomic E-state index is 13.1. The molecule has 1 N–H and O–H groups in total. The number of hydrogen-bond acceptors (Lipinski definition) is 2. The van der Waals surface area contributed by atoms with Crippen LogP contribution < -0.4 is 5.32 Å². The minimum atomic E-state index is -0.362. The van der Waals surface area contributed by atoms with E-state index in [2.05, 4.69) is 16.0 Å². The Kier molecular flexibility index (Phi) is 4.89. The lowest BCUT2D eigenvalue weighted by Crippen LogP contribution is -2.13. The second-order valence-electron chi connectivity index (χ2n) is 6.69. The molecular formula is C23H20FN3O. The lowest BCUT2D eigenvalue weighted by Gasteiger charge is -2.11. The van der Waals surface area contributed by atoms with E-state index in [9.17, 15) is 9.18 Å². The zero-order valence-electron chi connectivity index (χ0n) is 15.5. The lowest BCUT2D eigenvalue weighted by molar-refractivity contribution is 0.102. The number of nitrogens with zero attached hydrogens (tertiary/aromatic N) is 2. The quantitative estimate of drug-likeness (QED) is 0.549. The van der Waals surface area contributed by atoms with Crippen molar-refractivity contribution in [3.05, 3.63) is 95.6 Å². The minimum Gasteiger partial charge on any atom is -0.331 e. The van der Waals surface area contributed by atoms with Crippen LogP contribution in [0.1, 0.15) is 21.7 Å². The molecule has 1 amide bonds. The molecule has 4 rings (SSSR count). The van der Waals surface area contributed by atoms with Gasteiger partial charge in [-0.2, -0.15) is 0 Å². The van der Waals surface area contributed by atoms with Crippen molar-refractivity contribution < 1.29 is 9.18 Å². The van der Waals surface area contributed by atoms with Gasteiger partial charge in [0.1, 0.15) is 11.6 Å². The molecule has 0 spiro atoms. The van der Waals surface area contributed by atoms with Crippen molar-refractivity contribution in [1.82, 2.24) is 9.55 Å². The number of anilines is 1. The van der Waals surface area contributed by atoms with Gasteiger partial charge in [-0.1, -0.05) is 30.3 Å². The summed E-state index contributed by atoms with van der Waals surface area (Å²) in [6.45, 7) is 0. The van der Waals surface area contributed by atoms with E-state index in [1.165, 1.54) is 24.3 Å². The molecule has 5 heteroatoms. The van der Waals surface area contributed by atoms with E-state index in [-0.39, 0.29) is 11.7 Å². The monoisotopic (exact) mass is 373 g/mol. The first-order valence-corrected chi connectivity index (χ1v) is 9.17. The Labute approximate surface area is 162 Å². The molecule has 0 radical (unpaired) electrons. The molecule has 4 aromatic rings. The predicted octanol–water partition coefficient (Wildman–Crippen LogP) is 4.75. The van der Waals surface area contributed by atoms with Crippen molar-refractivity contribution in [3.63, 3.8) is 0 Å². The number of imidazole rings is 1. The fourth-order valence-electron chi connectivity index (χ4n) is 3.32. The average Bonchev–Trinajstić information content (AvgIpc) is 3.04. The molecule has 0 atom stereocenters. The third kappa shape index (κ3) is 3.64. The van der Waals surface area contributed by atoms with Gasteiger partial charge >= 0.3 is 0 Å². The number of carbonyl (C=O) groups is 1. The molecule has 140 valence electrons. The van der Waals surface area contributed by atoms with Crippen molar-refractivity contribution in [3.8, 4) is 0 Å². The maximum atomic E-state index is 13.1. The highest BCUT2D eigenvalue weighted by molar-refractivity contribution is 6.04. The molecule has 0 fully saturated rings. The van der Waals surface area contributed by atoms with Gasteiger partial charge in [-0.05, 0) is 54.4 Å². The number of benzene rings is 3. The normalized spacial score (nSPS) is 10.9. The maximum Gasteiger partial charge on any atom is 0.255 e. The van der Waals surface area contributed by atoms with Gasteiger partial charge in [0.25, 0.3) is 5.91 Å². The van der Waals surface area contributed by atoms with Crippen LogP contribution in [-0.2, 0) is 19.9 Å². The highest BCUT2D eigenvalue weighted by Gasteiger charge is 2.11. The van der Waals surface area contributed by atoms with Crippen molar-refractivity contribution in [2.45, 2.75) is 12.8 Å².